The Morgan fingerprint density at radius 1 is 1.33 bits per heavy atom. The van der Waals surface area contributed by atoms with Crippen LogP contribution < -0.4 is 4.90 Å². The van der Waals surface area contributed by atoms with Crippen molar-refractivity contribution >= 4 is 12.1 Å². The second-order valence-electron chi connectivity index (χ2n) is 4.68. The molecule has 1 fully saturated rings. The van der Waals surface area contributed by atoms with E-state index in [9.17, 15) is 10.1 Å². The number of aryl methyl sites for hydroxylation is 1. The molecule has 18 heavy (non-hydrogen) atoms. The molecule has 1 aromatic heterocycles. The standard InChI is InChI=1S/C13H16N4O/c1-9-10(2)15-16-13(12(9)7-14)17-5-3-11(8-18)4-6-17/h8,11H,3-6H2,1-2H3. The summed E-state index contributed by atoms with van der Waals surface area (Å²) in [7, 11) is 0. The Bertz CT molecular complexity index is 498. The van der Waals surface area contributed by atoms with Crippen LogP contribution in [0.25, 0.3) is 0 Å². The van der Waals surface area contributed by atoms with Gasteiger partial charge in [0.2, 0.25) is 0 Å². The van der Waals surface area contributed by atoms with Crippen molar-refractivity contribution in [2.24, 2.45) is 5.92 Å². The van der Waals surface area contributed by atoms with Crippen molar-refractivity contribution in [3.8, 4) is 6.07 Å². The maximum Gasteiger partial charge on any atom is 0.169 e. The van der Waals surface area contributed by atoms with Crippen molar-refractivity contribution in [3.05, 3.63) is 16.8 Å². The molecule has 0 aliphatic carbocycles. The van der Waals surface area contributed by atoms with Gasteiger partial charge in [-0.15, -0.1) is 5.10 Å². The second kappa shape index (κ2) is 5.13. The van der Waals surface area contributed by atoms with E-state index >= 15 is 0 Å². The summed E-state index contributed by atoms with van der Waals surface area (Å²) in [5, 5.41) is 17.5. The molecule has 1 aliphatic heterocycles. The number of nitriles is 1. The number of hydrogen-bond acceptors (Lipinski definition) is 5. The summed E-state index contributed by atoms with van der Waals surface area (Å²) >= 11 is 0. The molecule has 0 atom stereocenters. The molecule has 0 radical (unpaired) electrons. The van der Waals surface area contributed by atoms with Gasteiger partial charge in [-0.1, -0.05) is 0 Å². The van der Waals surface area contributed by atoms with E-state index < -0.39 is 0 Å². The van der Waals surface area contributed by atoms with Crippen LogP contribution in [0.5, 0.6) is 0 Å². The van der Waals surface area contributed by atoms with Crippen LogP contribution in [0.15, 0.2) is 0 Å². The monoisotopic (exact) mass is 244 g/mol. The molecule has 5 heteroatoms. The van der Waals surface area contributed by atoms with E-state index in [1.807, 2.05) is 13.8 Å². The SMILES string of the molecule is Cc1nnc(N2CCC(C=O)CC2)c(C#N)c1C. The van der Waals surface area contributed by atoms with Gasteiger partial charge in [-0.3, -0.25) is 0 Å². The molecule has 1 aliphatic rings. The Morgan fingerprint density at radius 2 is 2.00 bits per heavy atom. The Hall–Kier alpha value is -1.96. The minimum Gasteiger partial charge on any atom is -0.354 e. The fourth-order valence-corrected chi connectivity index (χ4v) is 2.20. The lowest BCUT2D eigenvalue weighted by Crippen LogP contribution is -2.35. The molecule has 0 amide bonds. The van der Waals surface area contributed by atoms with Crippen LogP contribution in [0.3, 0.4) is 0 Å². The Balaban J connectivity index is 2.27. The smallest absolute Gasteiger partial charge is 0.169 e. The molecule has 0 bridgehead atoms. The van der Waals surface area contributed by atoms with E-state index in [0.29, 0.717) is 11.4 Å². The van der Waals surface area contributed by atoms with Gasteiger partial charge < -0.3 is 9.69 Å². The van der Waals surface area contributed by atoms with E-state index in [2.05, 4.69) is 21.2 Å². The average molecular weight is 244 g/mol. The van der Waals surface area contributed by atoms with Crippen LogP contribution in [-0.4, -0.2) is 29.6 Å². The third-order valence-electron chi connectivity index (χ3n) is 3.58. The van der Waals surface area contributed by atoms with E-state index in [1.54, 1.807) is 0 Å². The van der Waals surface area contributed by atoms with Crippen LogP contribution in [0, 0.1) is 31.1 Å². The highest BCUT2D eigenvalue weighted by atomic mass is 16.1. The van der Waals surface area contributed by atoms with Crippen LogP contribution in [-0.2, 0) is 4.79 Å². The molecule has 94 valence electrons. The van der Waals surface area contributed by atoms with Gasteiger partial charge in [0.1, 0.15) is 17.9 Å². The molecule has 0 aromatic carbocycles. The van der Waals surface area contributed by atoms with Gasteiger partial charge in [0, 0.05) is 19.0 Å². The van der Waals surface area contributed by atoms with Crippen molar-refractivity contribution in [3.63, 3.8) is 0 Å². The minimum absolute atomic E-state index is 0.145. The first kappa shape index (κ1) is 12.5. The number of piperidine rings is 1. The van der Waals surface area contributed by atoms with Crippen LogP contribution in [0.1, 0.15) is 29.7 Å². The van der Waals surface area contributed by atoms with Crippen molar-refractivity contribution in [1.29, 1.82) is 5.26 Å². The normalized spacial score (nSPS) is 16.4. The van der Waals surface area contributed by atoms with Gasteiger partial charge in [0.05, 0.1) is 5.69 Å². The molecule has 2 rings (SSSR count). The van der Waals surface area contributed by atoms with Gasteiger partial charge >= 0.3 is 0 Å². The molecule has 1 aromatic rings. The minimum atomic E-state index is 0.145. The van der Waals surface area contributed by atoms with Crippen LogP contribution in [0.4, 0.5) is 5.82 Å². The highest BCUT2D eigenvalue weighted by Crippen LogP contribution is 2.25. The van der Waals surface area contributed by atoms with E-state index in [1.165, 1.54) is 0 Å². The summed E-state index contributed by atoms with van der Waals surface area (Å²) in [6.45, 7) is 5.26. The van der Waals surface area contributed by atoms with Gasteiger partial charge in [-0.05, 0) is 32.3 Å². The molecule has 0 saturated carbocycles. The van der Waals surface area contributed by atoms with E-state index in [-0.39, 0.29) is 5.92 Å². The molecule has 2 heterocycles. The van der Waals surface area contributed by atoms with Crippen molar-refractivity contribution in [2.45, 2.75) is 26.7 Å². The molecular weight excluding hydrogens is 228 g/mol. The predicted octanol–water partition coefficient (Wildman–Crippen LogP) is 1.38. The maximum absolute atomic E-state index is 10.7. The lowest BCUT2D eigenvalue weighted by Gasteiger charge is -2.31. The number of aldehydes is 1. The zero-order valence-electron chi connectivity index (χ0n) is 10.7. The van der Waals surface area contributed by atoms with Crippen LogP contribution >= 0.6 is 0 Å². The summed E-state index contributed by atoms with van der Waals surface area (Å²) in [6, 6.07) is 2.21. The molecule has 5 nitrogen and oxygen atoms in total. The predicted molar refractivity (Wildman–Crippen MR) is 67.2 cm³/mol. The summed E-state index contributed by atoms with van der Waals surface area (Å²) in [5.74, 6) is 0.802. The number of aromatic nitrogens is 2. The summed E-state index contributed by atoms with van der Waals surface area (Å²) in [5.41, 5.74) is 2.28. The first-order valence-corrected chi connectivity index (χ1v) is 6.11. The zero-order chi connectivity index (χ0) is 13.1. The maximum atomic E-state index is 10.7. The number of rotatable bonds is 2. The molecule has 0 N–H and O–H groups in total. The molecule has 1 saturated heterocycles. The number of carbonyl (C=O) groups excluding carboxylic acids is 1. The van der Waals surface area contributed by atoms with Crippen molar-refractivity contribution in [2.75, 3.05) is 18.0 Å². The summed E-state index contributed by atoms with van der Waals surface area (Å²) in [6.07, 6.45) is 2.67. The lowest BCUT2D eigenvalue weighted by atomic mass is 9.98. The number of anilines is 1. The van der Waals surface area contributed by atoms with Crippen molar-refractivity contribution < 1.29 is 4.79 Å². The zero-order valence-corrected chi connectivity index (χ0v) is 10.7. The Morgan fingerprint density at radius 3 is 2.56 bits per heavy atom. The van der Waals surface area contributed by atoms with E-state index in [4.69, 9.17) is 0 Å². The first-order valence-electron chi connectivity index (χ1n) is 6.11. The largest absolute Gasteiger partial charge is 0.354 e. The van der Waals surface area contributed by atoms with Crippen molar-refractivity contribution in [1.82, 2.24) is 10.2 Å². The fourth-order valence-electron chi connectivity index (χ4n) is 2.20. The number of nitrogens with zero attached hydrogens (tertiary/aromatic N) is 4. The highest BCUT2D eigenvalue weighted by Gasteiger charge is 2.23. The second-order valence-corrected chi connectivity index (χ2v) is 4.68. The summed E-state index contributed by atoms with van der Waals surface area (Å²) < 4.78 is 0. The third-order valence-corrected chi connectivity index (χ3v) is 3.58. The quantitative estimate of drug-likeness (QED) is 0.735. The number of carbonyl (C=O) groups is 1. The molecule has 0 spiro atoms. The third kappa shape index (κ3) is 2.19. The topological polar surface area (TPSA) is 69.9 Å². The van der Waals surface area contributed by atoms with Gasteiger partial charge in [0.15, 0.2) is 5.82 Å². The molecular formula is C13H16N4O. The van der Waals surface area contributed by atoms with Gasteiger partial charge in [-0.2, -0.15) is 10.4 Å². The lowest BCUT2D eigenvalue weighted by molar-refractivity contribution is -0.111. The Labute approximate surface area is 106 Å². The van der Waals surface area contributed by atoms with Crippen LogP contribution in [0.2, 0.25) is 0 Å². The average Bonchev–Trinajstić information content (AvgIpc) is 2.42. The molecule has 0 unspecified atom stereocenters. The summed E-state index contributed by atoms with van der Waals surface area (Å²) in [4.78, 5) is 12.8. The Kier molecular flexibility index (Phi) is 3.56. The first-order chi connectivity index (χ1) is 8.67. The van der Waals surface area contributed by atoms with Gasteiger partial charge in [0.25, 0.3) is 0 Å². The van der Waals surface area contributed by atoms with Gasteiger partial charge in [-0.25, -0.2) is 0 Å². The highest BCUT2D eigenvalue weighted by molar-refractivity contribution is 5.59. The fraction of sp³-hybridized carbons (Fsp3) is 0.538. The van der Waals surface area contributed by atoms with E-state index in [0.717, 1.165) is 43.5 Å². The number of hydrogen-bond donors (Lipinski definition) is 0.